The van der Waals surface area contributed by atoms with Crippen LogP contribution < -0.4 is 0 Å². The largest absolute Gasteiger partial charge is 0.379 e. The van der Waals surface area contributed by atoms with E-state index in [2.05, 4.69) is 27.7 Å². The predicted molar refractivity (Wildman–Crippen MR) is 139 cm³/mol. The van der Waals surface area contributed by atoms with Gasteiger partial charge in [-0.05, 0) is 31.2 Å². The molecule has 1 heterocycles. The molecule has 2 rings (SSSR count). The summed E-state index contributed by atoms with van der Waals surface area (Å²) >= 11 is 0. The zero-order chi connectivity index (χ0) is 25.3. The molecule has 0 N–H and O–H groups in total. The van der Waals surface area contributed by atoms with Gasteiger partial charge in [-0.15, -0.1) is 0 Å². The number of benzene rings is 1. The van der Waals surface area contributed by atoms with Crippen molar-refractivity contribution in [1.29, 1.82) is 0 Å². The molecule has 0 bridgehead atoms. The van der Waals surface area contributed by atoms with Crippen LogP contribution >= 0.6 is 0 Å². The molecule has 0 amide bonds. The van der Waals surface area contributed by atoms with Crippen molar-refractivity contribution >= 4 is 0 Å². The summed E-state index contributed by atoms with van der Waals surface area (Å²) in [6.07, 6.45) is 3.96. The lowest BCUT2D eigenvalue weighted by Crippen LogP contribution is -2.62. The fraction of sp³-hybridized carbons (Fsp3) is 0.793. The summed E-state index contributed by atoms with van der Waals surface area (Å²) in [5.74, 6) is 0. The molecule has 0 aromatic heterocycles. The van der Waals surface area contributed by atoms with Crippen molar-refractivity contribution in [2.24, 2.45) is 0 Å². The van der Waals surface area contributed by atoms with Gasteiger partial charge in [0.2, 0.25) is 0 Å². The number of hydrogen-bond donors (Lipinski definition) is 0. The standard InChI is InChI=1S/C29H49FO5/c1-5-9-18-31-22-24-26(32-19-10-6-2)28(33-20-11-7-3)29(34-21-12-8-4)27(35-24)25(30)23-16-14-13-15-17-23/h13-17,24-29H,5-12,18-22H2,1-4H3/t24-,25?,26-,27+,28+,29+/m1/s1. The average Bonchev–Trinajstić information content (AvgIpc) is 2.88. The molecule has 35 heavy (non-hydrogen) atoms. The molecule has 1 aliphatic heterocycles. The molecule has 0 aliphatic carbocycles. The number of alkyl halides is 1. The Kier molecular flexibility index (Phi) is 15.7. The van der Waals surface area contributed by atoms with E-state index in [-0.39, 0.29) is 6.10 Å². The highest BCUT2D eigenvalue weighted by molar-refractivity contribution is 5.20. The summed E-state index contributed by atoms with van der Waals surface area (Å²) < 4.78 is 47.6. The van der Waals surface area contributed by atoms with Crippen LogP contribution in [0.3, 0.4) is 0 Å². The molecule has 0 saturated carbocycles. The lowest BCUT2D eigenvalue weighted by Gasteiger charge is -2.47. The maximum absolute atomic E-state index is 16.0. The van der Waals surface area contributed by atoms with Crippen molar-refractivity contribution in [2.75, 3.05) is 33.0 Å². The van der Waals surface area contributed by atoms with Crippen molar-refractivity contribution < 1.29 is 28.1 Å². The normalized spacial score (nSPS) is 25.6. The maximum atomic E-state index is 16.0. The summed E-state index contributed by atoms with van der Waals surface area (Å²) in [7, 11) is 0. The Morgan fingerprint density at radius 1 is 0.714 bits per heavy atom. The third-order valence-corrected chi connectivity index (χ3v) is 6.43. The highest BCUT2D eigenvalue weighted by atomic mass is 19.1. The predicted octanol–water partition coefficient (Wildman–Crippen LogP) is 6.84. The van der Waals surface area contributed by atoms with E-state index in [0.717, 1.165) is 51.4 Å². The SMILES string of the molecule is CCCCOC[C@H]1O[C@@H](C(F)c2ccccc2)[C@H](OCCCC)[C@@H](OCCCC)[C@@H]1OCCCC. The Hall–Kier alpha value is -1.05. The smallest absolute Gasteiger partial charge is 0.154 e. The van der Waals surface area contributed by atoms with Gasteiger partial charge in [0, 0.05) is 26.4 Å². The van der Waals surface area contributed by atoms with Crippen LogP contribution in [0.25, 0.3) is 0 Å². The lowest BCUT2D eigenvalue weighted by molar-refractivity contribution is -0.276. The van der Waals surface area contributed by atoms with Crippen molar-refractivity contribution in [1.82, 2.24) is 0 Å². The second kappa shape index (κ2) is 18.2. The van der Waals surface area contributed by atoms with Gasteiger partial charge < -0.3 is 23.7 Å². The molecule has 1 fully saturated rings. The van der Waals surface area contributed by atoms with Crippen LogP contribution in [0.4, 0.5) is 4.39 Å². The molecule has 1 unspecified atom stereocenters. The fourth-order valence-electron chi connectivity index (χ4n) is 4.26. The Morgan fingerprint density at radius 3 is 1.80 bits per heavy atom. The third-order valence-electron chi connectivity index (χ3n) is 6.43. The quantitative estimate of drug-likeness (QED) is 0.196. The summed E-state index contributed by atoms with van der Waals surface area (Å²) in [6.45, 7) is 11.3. The van der Waals surface area contributed by atoms with E-state index in [9.17, 15) is 0 Å². The fourth-order valence-corrected chi connectivity index (χ4v) is 4.26. The monoisotopic (exact) mass is 496 g/mol. The topological polar surface area (TPSA) is 46.2 Å². The van der Waals surface area contributed by atoms with E-state index in [1.165, 1.54) is 0 Å². The number of ether oxygens (including phenoxy) is 5. The zero-order valence-electron chi connectivity index (χ0n) is 22.5. The van der Waals surface area contributed by atoms with Crippen LogP contribution in [0.5, 0.6) is 0 Å². The first-order chi connectivity index (χ1) is 17.2. The molecule has 1 aromatic carbocycles. The Balaban J connectivity index is 2.34. The van der Waals surface area contributed by atoms with Gasteiger partial charge in [-0.3, -0.25) is 0 Å². The highest BCUT2D eigenvalue weighted by Gasteiger charge is 2.51. The van der Waals surface area contributed by atoms with E-state index in [1.807, 2.05) is 18.2 Å². The lowest BCUT2D eigenvalue weighted by atomic mass is 9.89. The second-order valence-electron chi connectivity index (χ2n) is 9.45. The molecule has 0 spiro atoms. The first-order valence-corrected chi connectivity index (χ1v) is 13.9. The van der Waals surface area contributed by atoms with E-state index in [4.69, 9.17) is 23.7 Å². The summed E-state index contributed by atoms with van der Waals surface area (Å²) in [5.41, 5.74) is 0.588. The van der Waals surface area contributed by atoms with Crippen LogP contribution in [0, 0.1) is 0 Å². The molecular formula is C29H49FO5. The van der Waals surface area contributed by atoms with Gasteiger partial charge in [-0.25, -0.2) is 4.39 Å². The second-order valence-corrected chi connectivity index (χ2v) is 9.45. The number of unbranched alkanes of at least 4 members (excludes halogenated alkanes) is 4. The number of rotatable bonds is 19. The van der Waals surface area contributed by atoms with E-state index >= 15 is 4.39 Å². The Bertz CT molecular complexity index is 631. The van der Waals surface area contributed by atoms with Crippen molar-refractivity contribution in [3.63, 3.8) is 0 Å². The van der Waals surface area contributed by atoms with Gasteiger partial charge in [0.25, 0.3) is 0 Å². The molecule has 5 nitrogen and oxygen atoms in total. The first kappa shape index (κ1) is 30.2. The molecule has 1 aliphatic rings. The van der Waals surface area contributed by atoms with Crippen LogP contribution in [-0.2, 0) is 23.7 Å². The molecule has 6 heteroatoms. The van der Waals surface area contributed by atoms with Gasteiger partial charge in [-0.1, -0.05) is 83.7 Å². The van der Waals surface area contributed by atoms with Gasteiger partial charge in [0.15, 0.2) is 6.17 Å². The minimum Gasteiger partial charge on any atom is -0.379 e. The van der Waals surface area contributed by atoms with Crippen LogP contribution in [-0.4, -0.2) is 63.6 Å². The minimum absolute atomic E-state index is 0.351. The molecule has 0 radical (unpaired) electrons. The molecule has 1 aromatic rings. The van der Waals surface area contributed by atoms with Gasteiger partial charge in [0.05, 0.1) is 6.61 Å². The van der Waals surface area contributed by atoms with Gasteiger partial charge >= 0.3 is 0 Å². The average molecular weight is 497 g/mol. The van der Waals surface area contributed by atoms with E-state index < -0.39 is 30.6 Å². The minimum atomic E-state index is -1.34. The van der Waals surface area contributed by atoms with Crippen molar-refractivity contribution in [2.45, 2.75) is 116 Å². The number of hydrogen-bond acceptors (Lipinski definition) is 5. The van der Waals surface area contributed by atoms with Crippen molar-refractivity contribution in [3.8, 4) is 0 Å². The summed E-state index contributed by atoms with van der Waals surface area (Å²) in [4.78, 5) is 0. The molecule has 1 saturated heterocycles. The molecule has 202 valence electrons. The van der Waals surface area contributed by atoms with E-state index in [0.29, 0.717) is 38.6 Å². The maximum Gasteiger partial charge on any atom is 0.154 e. The van der Waals surface area contributed by atoms with E-state index in [1.54, 1.807) is 12.1 Å². The van der Waals surface area contributed by atoms with Crippen molar-refractivity contribution in [3.05, 3.63) is 35.9 Å². The Labute approximate surface area is 213 Å². The van der Waals surface area contributed by atoms with Crippen LogP contribution in [0.15, 0.2) is 30.3 Å². The zero-order valence-corrected chi connectivity index (χ0v) is 22.5. The number of halogens is 1. The first-order valence-electron chi connectivity index (χ1n) is 13.9. The Morgan fingerprint density at radius 2 is 1.23 bits per heavy atom. The van der Waals surface area contributed by atoms with Crippen LogP contribution in [0.2, 0.25) is 0 Å². The summed E-state index contributed by atoms with van der Waals surface area (Å²) in [5, 5.41) is 0. The van der Waals surface area contributed by atoms with Gasteiger partial charge in [-0.2, -0.15) is 0 Å². The van der Waals surface area contributed by atoms with Crippen LogP contribution in [0.1, 0.15) is 90.8 Å². The molecule has 6 atom stereocenters. The summed E-state index contributed by atoms with van der Waals surface area (Å²) in [6, 6.07) is 9.22. The highest BCUT2D eigenvalue weighted by Crippen LogP contribution is 2.37. The third kappa shape index (κ3) is 10.1. The van der Waals surface area contributed by atoms with Gasteiger partial charge in [0.1, 0.15) is 30.5 Å². The molecular weight excluding hydrogens is 447 g/mol.